The second-order valence-corrected chi connectivity index (χ2v) is 4.87. The van der Waals surface area contributed by atoms with Crippen LogP contribution in [0.4, 0.5) is 18.9 Å². The Kier molecular flexibility index (Phi) is 5.83. The maximum atomic E-state index is 13.0. The SMILES string of the molecule is Cl.NC1CCCC(C(=O)Nc2cc(F)c(F)c(F)c2)C1. The largest absolute Gasteiger partial charge is 0.328 e. The quantitative estimate of drug-likeness (QED) is 0.825. The lowest BCUT2D eigenvalue weighted by molar-refractivity contribution is -0.120. The predicted octanol–water partition coefficient (Wildman–Crippen LogP) is 2.98. The van der Waals surface area contributed by atoms with Crippen LogP contribution in [0.2, 0.25) is 0 Å². The molecule has 1 fully saturated rings. The summed E-state index contributed by atoms with van der Waals surface area (Å²) in [5.74, 6) is -4.79. The highest BCUT2D eigenvalue weighted by Crippen LogP contribution is 2.25. The molecule has 1 aliphatic carbocycles. The van der Waals surface area contributed by atoms with Crippen molar-refractivity contribution in [3.63, 3.8) is 0 Å². The lowest BCUT2D eigenvalue weighted by Crippen LogP contribution is -2.34. The third kappa shape index (κ3) is 3.86. The molecule has 7 heteroatoms. The Bertz CT molecular complexity index is 475. The Labute approximate surface area is 121 Å². The van der Waals surface area contributed by atoms with Gasteiger partial charge in [0.1, 0.15) is 0 Å². The highest BCUT2D eigenvalue weighted by atomic mass is 35.5. The first-order valence-corrected chi connectivity index (χ1v) is 6.18. The molecule has 1 aliphatic rings. The van der Waals surface area contributed by atoms with Crippen molar-refractivity contribution >= 4 is 24.0 Å². The van der Waals surface area contributed by atoms with Crippen LogP contribution in [0.25, 0.3) is 0 Å². The lowest BCUT2D eigenvalue weighted by Gasteiger charge is -2.25. The number of rotatable bonds is 2. The Morgan fingerprint density at radius 1 is 1.20 bits per heavy atom. The van der Waals surface area contributed by atoms with Crippen LogP contribution in [0.1, 0.15) is 25.7 Å². The Morgan fingerprint density at radius 2 is 1.80 bits per heavy atom. The summed E-state index contributed by atoms with van der Waals surface area (Å²) in [5.41, 5.74) is 5.69. The van der Waals surface area contributed by atoms with E-state index in [-0.39, 0.29) is 36.0 Å². The summed E-state index contributed by atoms with van der Waals surface area (Å²) in [6.07, 6.45) is 2.98. The number of amides is 1. The van der Waals surface area contributed by atoms with Crippen molar-refractivity contribution in [2.75, 3.05) is 5.32 Å². The number of nitrogens with two attached hydrogens (primary N) is 1. The van der Waals surface area contributed by atoms with Gasteiger partial charge in [-0.2, -0.15) is 0 Å². The minimum atomic E-state index is -1.54. The van der Waals surface area contributed by atoms with Gasteiger partial charge in [0, 0.05) is 29.8 Å². The molecule has 0 bridgehead atoms. The molecule has 1 amide bonds. The number of anilines is 1. The standard InChI is InChI=1S/C13H15F3N2O.ClH/c14-10-5-9(6-11(15)12(10)16)18-13(19)7-2-1-3-8(17)4-7;/h5-8H,1-4,17H2,(H,18,19);1H. The van der Waals surface area contributed by atoms with E-state index >= 15 is 0 Å². The van der Waals surface area contributed by atoms with Crippen LogP contribution in [-0.2, 0) is 4.79 Å². The first kappa shape index (κ1) is 16.8. The number of benzene rings is 1. The molecule has 20 heavy (non-hydrogen) atoms. The molecule has 2 unspecified atom stereocenters. The Morgan fingerprint density at radius 3 is 2.35 bits per heavy atom. The summed E-state index contributed by atoms with van der Waals surface area (Å²) in [4.78, 5) is 11.9. The fourth-order valence-electron chi connectivity index (χ4n) is 2.34. The predicted molar refractivity (Wildman–Crippen MR) is 72.1 cm³/mol. The van der Waals surface area contributed by atoms with Crippen LogP contribution in [0.15, 0.2) is 12.1 Å². The van der Waals surface area contributed by atoms with E-state index in [9.17, 15) is 18.0 Å². The van der Waals surface area contributed by atoms with Gasteiger partial charge in [0.05, 0.1) is 0 Å². The highest BCUT2D eigenvalue weighted by molar-refractivity contribution is 5.92. The van der Waals surface area contributed by atoms with Crippen molar-refractivity contribution in [3.8, 4) is 0 Å². The summed E-state index contributed by atoms with van der Waals surface area (Å²) in [6, 6.07) is 1.50. The molecule has 112 valence electrons. The number of carbonyl (C=O) groups excluding carboxylic acids is 1. The summed E-state index contributed by atoms with van der Waals surface area (Å²) in [5, 5.41) is 2.40. The number of hydrogen-bond acceptors (Lipinski definition) is 2. The first-order chi connectivity index (χ1) is 8.97. The number of hydrogen-bond donors (Lipinski definition) is 2. The molecule has 0 spiro atoms. The van der Waals surface area contributed by atoms with Gasteiger partial charge < -0.3 is 11.1 Å². The Hall–Kier alpha value is -1.27. The van der Waals surface area contributed by atoms with Crippen LogP contribution < -0.4 is 11.1 Å². The van der Waals surface area contributed by atoms with Crippen LogP contribution >= 0.6 is 12.4 Å². The highest BCUT2D eigenvalue weighted by Gasteiger charge is 2.25. The molecule has 2 rings (SSSR count). The van der Waals surface area contributed by atoms with Crippen molar-refractivity contribution in [1.82, 2.24) is 0 Å². The normalized spacial score (nSPS) is 22.0. The van der Waals surface area contributed by atoms with E-state index in [1.54, 1.807) is 0 Å². The van der Waals surface area contributed by atoms with E-state index in [1.807, 2.05) is 0 Å². The topological polar surface area (TPSA) is 55.1 Å². The van der Waals surface area contributed by atoms with E-state index in [4.69, 9.17) is 5.73 Å². The molecule has 0 heterocycles. The van der Waals surface area contributed by atoms with E-state index in [0.717, 1.165) is 25.0 Å². The lowest BCUT2D eigenvalue weighted by atomic mass is 9.85. The molecular formula is C13H16ClF3N2O. The van der Waals surface area contributed by atoms with E-state index < -0.39 is 17.5 Å². The van der Waals surface area contributed by atoms with E-state index in [2.05, 4.69) is 5.32 Å². The Balaban J connectivity index is 0.00000200. The van der Waals surface area contributed by atoms with Gasteiger partial charge in [0.2, 0.25) is 5.91 Å². The first-order valence-electron chi connectivity index (χ1n) is 6.18. The smallest absolute Gasteiger partial charge is 0.227 e. The summed E-state index contributed by atoms with van der Waals surface area (Å²) in [6.45, 7) is 0. The molecular weight excluding hydrogens is 293 g/mol. The molecule has 0 aromatic heterocycles. The van der Waals surface area contributed by atoms with Gasteiger partial charge in [0.25, 0.3) is 0 Å². The molecule has 0 saturated heterocycles. The fraction of sp³-hybridized carbons (Fsp3) is 0.462. The van der Waals surface area contributed by atoms with Gasteiger partial charge in [-0.15, -0.1) is 12.4 Å². The second-order valence-electron chi connectivity index (χ2n) is 4.87. The monoisotopic (exact) mass is 308 g/mol. The van der Waals surface area contributed by atoms with Crippen molar-refractivity contribution < 1.29 is 18.0 Å². The molecule has 0 aliphatic heterocycles. The molecule has 1 saturated carbocycles. The zero-order valence-corrected chi connectivity index (χ0v) is 11.5. The summed E-state index contributed by atoms with van der Waals surface area (Å²) >= 11 is 0. The zero-order chi connectivity index (χ0) is 14.0. The molecule has 3 N–H and O–H groups in total. The van der Waals surface area contributed by atoms with Crippen LogP contribution in [0, 0.1) is 23.4 Å². The maximum absolute atomic E-state index is 13.0. The van der Waals surface area contributed by atoms with Crippen molar-refractivity contribution in [2.24, 2.45) is 11.7 Å². The fourth-order valence-corrected chi connectivity index (χ4v) is 2.34. The van der Waals surface area contributed by atoms with E-state index in [1.165, 1.54) is 0 Å². The van der Waals surface area contributed by atoms with Crippen LogP contribution in [0.3, 0.4) is 0 Å². The third-order valence-corrected chi connectivity index (χ3v) is 3.34. The number of carbonyl (C=O) groups is 1. The van der Waals surface area contributed by atoms with Crippen LogP contribution in [-0.4, -0.2) is 11.9 Å². The van der Waals surface area contributed by atoms with Crippen molar-refractivity contribution in [2.45, 2.75) is 31.7 Å². The molecule has 2 atom stereocenters. The summed E-state index contributed by atoms with van der Waals surface area (Å²) < 4.78 is 38.8. The molecule has 0 radical (unpaired) electrons. The van der Waals surface area contributed by atoms with Crippen molar-refractivity contribution in [3.05, 3.63) is 29.6 Å². The minimum Gasteiger partial charge on any atom is -0.328 e. The van der Waals surface area contributed by atoms with Crippen LogP contribution in [0.5, 0.6) is 0 Å². The van der Waals surface area contributed by atoms with Gasteiger partial charge in [-0.3, -0.25) is 4.79 Å². The van der Waals surface area contributed by atoms with Gasteiger partial charge in [-0.05, 0) is 19.3 Å². The van der Waals surface area contributed by atoms with Gasteiger partial charge in [0.15, 0.2) is 17.5 Å². The minimum absolute atomic E-state index is 0. The molecule has 1 aromatic carbocycles. The molecule has 1 aromatic rings. The van der Waals surface area contributed by atoms with Gasteiger partial charge in [-0.25, -0.2) is 13.2 Å². The molecule has 3 nitrogen and oxygen atoms in total. The number of nitrogens with one attached hydrogen (secondary N) is 1. The van der Waals surface area contributed by atoms with Crippen molar-refractivity contribution in [1.29, 1.82) is 0 Å². The van der Waals surface area contributed by atoms with Gasteiger partial charge in [-0.1, -0.05) is 6.42 Å². The van der Waals surface area contributed by atoms with E-state index in [0.29, 0.717) is 12.8 Å². The average molecular weight is 309 g/mol. The number of halogens is 4. The summed E-state index contributed by atoms with van der Waals surface area (Å²) in [7, 11) is 0. The second kappa shape index (κ2) is 6.95. The zero-order valence-electron chi connectivity index (χ0n) is 10.7. The maximum Gasteiger partial charge on any atom is 0.227 e. The third-order valence-electron chi connectivity index (χ3n) is 3.34. The van der Waals surface area contributed by atoms with Gasteiger partial charge >= 0.3 is 0 Å². The average Bonchev–Trinajstić information content (AvgIpc) is 2.36.